The monoisotopic (exact) mass is 186 g/mol. The van der Waals surface area contributed by atoms with Crippen molar-refractivity contribution >= 4 is 0 Å². The maximum atomic E-state index is 5.83. The molecule has 0 aromatic heterocycles. The lowest BCUT2D eigenvalue weighted by Crippen LogP contribution is -2.26. The van der Waals surface area contributed by atoms with Crippen LogP contribution in [0.15, 0.2) is 0 Å². The summed E-state index contributed by atoms with van der Waals surface area (Å²) < 4.78 is 5.83. The molecule has 0 heterocycles. The predicted octanol–water partition coefficient (Wildman–Crippen LogP) is 4.02. The molecule has 0 radical (unpaired) electrons. The van der Waals surface area contributed by atoms with Gasteiger partial charge in [-0.1, -0.05) is 20.8 Å². The highest BCUT2D eigenvalue weighted by molar-refractivity contribution is 4.67. The maximum absolute atomic E-state index is 5.83. The van der Waals surface area contributed by atoms with Crippen molar-refractivity contribution < 1.29 is 4.74 Å². The van der Waals surface area contributed by atoms with Crippen molar-refractivity contribution in [3.8, 4) is 0 Å². The topological polar surface area (TPSA) is 9.23 Å². The van der Waals surface area contributed by atoms with Gasteiger partial charge >= 0.3 is 0 Å². The molecule has 0 fully saturated rings. The molecule has 0 aliphatic carbocycles. The van der Waals surface area contributed by atoms with E-state index < -0.39 is 0 Å². The van der Waals surface area contributed by atoms with E-state index in [1.165, 1.54) is 6.42 Å². The highest BCUT2D eigenvalue weighted by Gasteiger charge is 2.17. The number of rotatable bonds is 3. The van der Waals surface area contributed by atoms with E-state index in [0.29, 0.717) is 11.5 Å². The largest absolute Gasteiger partial charge is 0.373 e. The maximum Gasteiger partial charge on any atom is 0.0602 e. The van der Waals surface area contributed by atoms with Crippen LogP contribution in [0.5, 0.6) is 0 Å². The van der Waals surface area contributed by atoms with Gasteiger partial charge < -0.3 is 4.74 Å². The molecule has 0 amide bonds. The summed E-state index contributed by atoms with van der Waals surface area (Å²) in [6.07, 6.45) is 2.75. The zero-order valence-electron chi connectivity index (χ0n) is 10.4. The molecular formula is C12H26O. The Morgan fingerprint density at radius 1 is 1.00 bits per heavy atom. The lowest BCUT2D eigenvalue weighted by atomic mass is 9.89. The van der Waals surface area contributed by atoms with Gasteiger partial charge in [0.1, 0.15) is 0 Å². The van der Waals surface area contributed by atoms with Gasteiger partial charge in [0.25, 0.3) is 0 Å². The molecule has 13 heavy (non-hydrogen) atoms. The van der Waals surface area contributed by atoms with Gasteiger partial charge in [-0.15, -0.1) is 0 Å². The van der Waals surface area contributed by atoms with Gasteiger partial charge in [-0.3, -0.25) is 0 Å². The molecule has 0 aromatic rings. The molecule has 0 saturated heterocycles. The second kappa shape index (κ2) is 4.45. The molecule has 0 rings (SSSR count). The normalized spacial score (nSPS) is 15.9. The van der Waals surface area contributed by atoms with Crippen LogP contribution in [0.25, 0.3) is 0 Å². The minimum absolute atomic E-state index is 0.00268. The molecule has 0 N–H and O–H groups in total. The van der Waals surface area contributed by atoms with E-state index in [0.717, 1.165) is 6.42 Å². The van der Waals surface area contributed by atoms with Crippen LogP contribution in [0, 0.1) is 5.41 Å². The zero-order valence-corrected chi connectivity index (χ0v) is 10.4. The summed E-state index contributed by atoms with van der Waals surface area (Å²) in [6.45, 7) is 15.3. The Bertz CT molecular complexity index is 136. The molecule has 0 spiro atoms. The second-order valence-electron chi connectivity index (χ2n) is 6.14. The Hall–Kier alpha value is -0.0400. The lowest BCUT2D eigenvalue weighted by Gasteiger charge is -2.27. The minimum atomic E-state index is -0.00268. The molecule has 1 heteroatoms. The quantitative estimate of drug-likeness (QED) is 0.647. The van der Waals surface area contributed by atoms with E-state index >= 15 is 0 Å². The summed E-state index contributed by atoms with van der Waals surface area (Å²) in [4.78, 5) is 0. The third kappa shape index (κ3) is 9.88. The highest BCUT2D eigenvalue weighted by Crippen LogP contribution is 2.23. The van der Waals surface area contributed by atoms with Crippen molar-refractivity contribution in [2.75, 3.05) is 0 Å². The summed E-state index contributed by atoms with van der Waals surface area (Å²) in [5, 5.41) is 0. The summed E-state index contributed by atoms with van der Waals surface area (Å²) in [5.74, 6) is 0. The second-order valence-corrected chi connectivity index (χ2v) is 6.14. The first-order valence-corrected chi connectivity index (χ1v) is 5.28. The number of hydrogen-bond donors (Lipinski definition) is 0. The first kappa shape index (κ1) is 13.0. The van der Waals surface area contributed by atoms with Gasteiger partial charge in [-0.05, 0) is 46.0 Å². The Morgan fingerprint density at radius 2 is 1.46 bits per heavy atom. The van der Waals surface area contributed by atoms with Crippen molar-refractivity contribution in [1.82, 2.24) is 0 Å². The van der Waals surface area contributed by atoms with E-state index in [9.17, 15) is 0 Å². The molecule has 1 atom stereocenters. The van der Waals surface area contributed by atoms with E-state index in [1.807, 2.05) is 0 Å². The van der Waals surface area contributed by atoms with Gasteiger partial charge in [0.2, 0.25) is 0 Å². The van der Waals surface area contributed by atoms with Crippen molar-refractivity contribution in [3.63, 3.8) is 0 Å². The van der Waals surface area contributed by atoms with Gasteiger partial charge in [0, 0.05) is 0 Å². The molecular weight excluding hydrogens is 160 g/mol. The van der Waals surface area contributed by atoms with Crippen LogP contribution >= 0.6 is 0 Å². The number of ether oxygens (including phenoxy) is 1. The smallest absolute Gasteiger partial charge is 0.0602 e. The van der Waals surface area contributed by atoms with E-state index in [-0.39, 0.29) is 5.60 Å². The SMILES string of the molecule is C[C@@H](CCC(C)(C)C)OC(C)(C)C. The van der Waals surface area contributed by atoms with Crippen LogP contribution in [-0.2, 0) is 4.74 Å². The van der Waals surface area contributed by atoms with Gasteiger partial charge in [-0.25, -0.2) is 0 Å². The summed E-state index contributed by atoms with van der Waals surface area (Å²) in [6, 6.07) is 0. The predicted molar refractivity (Wildman–Crippen MR) is 59.0 cm³/mol. The fourth-order valence-electron chi connectivity index (χ4n) is 1.30. The first-order valence-electron chi connectivity index (χ1n) is 5.28. The third-order valence-corrected chi connectivity index (χ3v) is 1.86. The number of hydrogen-bond acceptors (Lipinski definition) is 1. The van der Waals surface area contributed by atoms with Gasteiger partial charge in [-0.2, -0.15) is 0 Å². The van der Waals surface area contributed by atoms with Crippen molar-refractivity contribution in [3.05, 3.63) is 0 Å². The molecule has 0 saturated carbocycles. The van der Waals surface area contributed by atoms with Crippen LogP contribution in [-0.4, -0.2) is 11.7 Å². The summed E-state index contributed by atoms with van der Waals surface area (Å²) >= 11 is 0. The van der Waals surface area contributed by atoms with Crippen LogP contribution in [0.4, 0.5) is 0 Å². The minimum Gasteiger partial charge on any atom is -0.373 e. The molecule has 0 aliphatic rings. The molecule has 0 bridgehead atoms. The average molecular weight is 186 g/mol. The van der Waals surface area contributed by atoms with Crippen LogP contribution in [0.1, 0.15) is 61.3 Å². The van der Waals surface area contributed by atoms with E-state index in [4.69, 9.17) is 4.74 Å². The van der Waals surface area contributed by atoms with Crippen LogP contribution < -0.4 is 0 Å². The lowest BCUT2D eigenvalue weighted by molar-refractivity contribution is -0.0574. The van der Waals surface area contributed by atoms with Gasteiger partial charge in [0.15, 0.2) is 0 Å². The fraction of sp³-hybridized carbons (Fsp3) is 1.00. The van der Waals surface area contributed by atoms with Crippen molar-refractivity contribution in [1.29, 1.82) is 0 Å². The molecule has 80 valence electrons. The third-order valence-electron chi connectivity index (χ3n) is 1.86. The van der Waals surface area contributed by atoms with Crippen molar-refractivity contribution in [2.24, 2.45) is 5.41 Å². The first-order chi connectivity index (χ1) is 5.60. The Labute approximate surface area is 83.9 Å². The fourth-order valence-corrected chi connectivity index (χ4v) is 1.30. The molecule has 0 aliphatic heterocycles. The molecule has 0 aromatic carbocycles. The van der Waals surface area contributed by atoms with E-state index in [1.54, 1.807) is 0 Å². The van der Waals surface area contributed by atoms with Crippen LogP contribution in [0.3, 0.4) is 0 Å². The average Bonchev–Trinajstić information content (AvgIpc) is 1.78. The Balaban J connectivity index is 3.70. The van der Waals surface area contributed by atoms with E-state index in [2.05, 4.69) is 48.5 Å². The molecule has 0 unspecified atom stereocenters. The Kier molecular flexibility index (Phi) is 4.44. The standard InChI is InChI=1S/C12H26O/c1-10(13-12(5,6)7)8-9-11(2,3)4/h10H,8-9H2,1-7H3/t10-/m0/s1. The van der Waals surface area contributed by atoms with Crippen LogP contribution in [0.2, 0.25) is 0 Å². The van der Waals surface area contributed by atoms with Gasteiger partial charge in [0.05, 0.1) is 11.7 Å². The summed E-state index contributed by atoms with van der Waals surface area (Å²) in [5.41, 5.74) is 0.423. The zero-order chi connectivity index (χ0) is 10.7. The highest BCUT2D eigenvalue weighted by atomic mass is 16.5. The van der Waals surface area contributed by atoms with Crippen molar-refractivity contribution in [2.45, 2.75) is 73.0 Å². The Morgan fingerprint density at radius 3 is 1.77 bits per heavy atom. The molecule has 1 nitrogen and oxygen atoms in total. The summed E-state index contributed by atoms with van der Waals surface area (Å²) in [7, 11) is 0.